The molecule has 2 N–H and O–H groups in total. The Hall–Kier alpha value is -1.06. The molecule has 0 aromatic heterocycles. The highest BCUT2D eigenvalue weighted by molar-refractivity contribution is 5.69. The molecule has 0 aromatic rings. The van der Waals surface area contributed by atoms with Crippen molar-refractivity contribution in [3.8, 4) is 0 Å². The van der Waals surface area contributed by atoms with Crippen molar-refractivity contribution < 1.29 is 19.8 Å². The minimum Gasteiger partial charge on any atom is -0.481 e. The number of unbranched alkanes of at least 4 members (excludes halogenated alkanes) is 1. The van der Waals surface area contributed by atoms with Crippen LogP contribution < -0.4 is 0 Å². The standard InChI is InChI=1S/C16H30O4/c1-11(9-13(3)15(17)18)7-5-6-8-12(2)10-14(4)16(19)20/h11-14H,5-10H2,1-4H3,(H,17,18)(H,19,20). The van der Waals surface area contributed by atoms with Gasteiger partial charge in [0, 0.05) is 0 Å². The zero-order chi connectivity index (χ0) is 15.7. The molecule has 0 aliphatic carbocycles. The van der Waals surface area contributed by atoms with Gasteiger partial charge in [0.25, 0.3) is 0 Å². The summed E-state index contributed by atoms with van der Waals surface area (Å²) in [6, 6.07) is 0. The van der Waals surface area contributed by atoms with E-state index in [-0.39, 0.29) is 11.8 Å². The summed E-state index contributed by atoms with van der Waals surface area (Å²) >= 11 is 0. The zero-order valence-corrected chi connectivity index (χ0v) is 13.3. The Morgan fingerprint density at radius 1 is 0.750 bits per heavy atom. The third-order valence-corrected chi connectivity index (χ3v) is 4.00. The van der Waals surface area contributed by atoms with Crippen LogP contribution in [0, 0.1) is 23.7 Å². The van der Waals surface area contributed by atoms with Crippen LogP contribution in [0.4, 0.5) is 0 Å². The normalized spacial score (nSPS) is 17.2. The predicted octanol–water partition coefficient (Wildman–Crippen LogP) is 4.04. The van der Waals surface area contributed by atoms with E-state index in [9.17, 15) is 9.59 Å². The first-order valence-corrected chi connectivity index (χ1v) is 7.69. The number of hydrogen-bond donors (Lipinski definition) is 2. The van der Waals surface area contributed by atoms with Crippen molar-refractivity contribution in [2.24, 2.45) is 23.7 Å². The van der Waals surface area contributed by atoms with Crippen molar-refractivity contribution >= 4 is 11.9 Å². The van der Waals surface area contributed by atoms with Crippen LogP contribution in [0.3, 0.4) is 0 Å². The topological polar surface area (TPSA) is 74.6 Å². The number of aliphatic carboxylic acids is 2. The fourth-order valence-corrected chi connectivity index (χ4v) is 2.63. The molecule has 4 nitrogen and oxygen atoms in total. The van der Waals surface area contributed by atoms with Crippen molar-refractivity contribution in [2.45, 2.75) is 66.2 Å². The molecule has 4 unspecified atom stereocenters. The summed E-state index contributed by atoms with van der Waals surface area (Å²) in [5.74, 6) is -1.08. The molecule has 0 heterocycles. The van der Waals surface area contributed by atoms with Crippen LogP contribution in [-0.2, 0) is 9.59 Å². The van der Waals surface area contributed by atoms with E-state index in [0.29, 0.717) is 11.8 Å². The Bertz CT molecular complexity index is 271. The Labute approximate surface area is 122 Å². The molecule has 0 aliphatic rings. The van der Waals surface area contributed by atoms with Crippen molar-refractivity contribution in [1.82, 2.24) is 0 Å². The van der Waals surface area contributed by atoms with Crippen LogP contribution in [0.1, 0.15) is 66.2 Å². The highest BCUT2D eigenvalue weighted by atomic mass is 16.4. The maximum absolute atomic E-state index is 10.8. The van der Waals surface area contributed by atoms with Crippen molar-refractivity contribution in [2.75, 3.05) is 0 Å². The molecule has 0 bridgehead atoms. The average Bonchev–Trinajstić information content (AvgIpc) is 2.34. The van der Waals surface area contributed by atoms with Crippen molar-refractivity contribution in [3.05, 3.63) is 0 Å². The summed E-state index contributed by atoms with van der Waals surface area (Å²) in [4.78, 5) is 21.5. The summed E-state index contributed by atoms with van der Waals surface area (Å²) in [7, 11) is 0. The van der Waals surface area contributed by atoms with Crippen molar-refractivity contribution in [3.63, 3.8) is 0 Å². The number of rotatable bonds is 11. The second-order valence-corrected chi connectivity index (χ2v) is 6.44. The van der Waals surface area contributed by atoms with Gasteiger partial charge in [0.1, 0.15) is 0 Å². The SMILES string of the molecule is CC(CCCCC(C)CC(C)C(=O)O)CC(C)C(=O)O. The molecule has 0 aliphatic heterocycles. The fraction of sp³-hybridized carbons (Fsp3) is 0.875. The summed E-state index contributed by atoms with van der Waals surface area (Å²) in [5.41, 5.74) is 0. The van der Waals surface area contributed by atoms with Gasteiger partial charge in [-0.05, 0) is 24.7 Å². The molecule has 0 saturated carbocycles. The smallest absolute Gasteiger partial charge is 0.306 e. The quantitative estimate of drug-likeness (QED) is 0.562. The molecular formula is C16H30O4. The molecule has 0 spiro atoms. The first-order valence-electron chi connectivity index (χ1n) is 7.69. The molecule has 0 saturated heterocycles. The van der Waals surface area contributed by atoms with Crippen LogP contribution in [0.25, 0.3) is 0 Å². The molecule has 0 fully saturated rings. The molecule has 0 aromatic carbocycles. The Kier molecular flexibility index (Phi) is 9.26. The van der Waals surface area contributed by atoms with Crippen LogP contribution in [-0.4, -0.2) is 22.2 Å². The largest absolute Gasteiger partial charge is 0.481 e. The van der Waals surface area contributed by atoms with E-state index in [2.05, 4.69) is 13.8 Å². The van der Waals surface area contributed by atoms with Gasteiger partial charge in [-0.1, -0.05) is 53.4 Å². The van der Waals surface area contributed by atoms with E-state index in [1.165, 1.54) is 0 Å². The zero-order valence-electron chi connectivity index (χ0n) is 13.3. The van der Waals surface area contributed by atoms with Gasteiger partial charge in [-0.3, -0.25) is 9.59 Å². The molecule has 0 radical (unpaired) electrons. The molecule has 118 valence electrons. The lowest BCUT2D eigenvalue weighted by Crippen LogP contribution is -2.14. The van der Waals surface area contributed by atoms with Crippen LogP contribution in [0.2, 0.25) is 0 Å². The second kappa shape index (κ2) is 9.78. The van der Waals surface area contributed by atoms with E-state index in [0.717, 1.165) is 38.5 Å². The summed E-state index contributed by atoms with van der Waals surface area (Å²) in [5, 5.41) is 17.7. The highest BCUT2D eigenvalue weighted by Gasteiger charge is 2.16. The first-order chi connectivity index (χ1) is 9.23. The third kappa shape index (κ3) is 8.94. The van der Waals surface area contributed by atoms with Gasteiger partial charge in [0.05, 0.1) is 11.8 Å². The number of hydrogen-bond acceptors (Lipinski definition) is 2. The summed E-state index contributed by atoms with van der Waals surface area (Å²) in [6.07, 6.45) is 5.78. The molecule has 4 heteroatoms. The van der Waals surface area contributed by atoms with E-state index < -0.39 is 11.9 Å². The van der Waals surface area contributed by atoms with Gasteiger partial charge in [0.2, 0.25) is 0 Å². The summed E-state index contributed by atoms with van der Waals surface area (Å²) < 4.78 is 0. The maximum atomic E-state index is 10.8. The van der Waals surface area contributed by atoms with E-state index in [1.807, 2.05) is 0 Å². The third-order valence-electron chi connectivity index (χ3n) is 4.00. The van der Waals surface area contributed by atoms with Gasteiger partial charge in [-0.2, -0.15) is 0 Å². The Morgan fingerprint density at radius 3 is 1.30 bits per heavy atom. The fourth-order valence-electron chi connectivity index (χ4n) is 2.63. The minimum atomic E-state index is -0.715. The van der Waals surface area contributed by atoms with Gasteiger partial charge < -0.3 is 10.2 Å². The van der Waals surface area contributed by atoms with E-state index >= 15 is 0 Å². The highest BCUT2D eigenvalue weighted by Crippen LogP contribution is 2.22. The first kappa shape index (κ1) is 18.9. The van der Waals surface area contributed by atoms with Crippen LogP contribution in [0.15, 0.2) is 0 Å². The van der Waals surface area contributed by atoms with Gasteiger partial charge >= 0.3 is 11.9 Å². The van der Waals surface area contributed by atoms with E-state index in [4.69, 9.17) is 10.2 Å². The van der Waals surface area contributed by atoms with Gasteiger partial charge in [0.15, 0.2) is 0 Å². The molecular weight excluding hydrogens is 256 g/mol. The van der Waals surface area contributed by atoms with Crippen molar-refractivity contribution in [1.29, 1.82) is 0 Å². The minimum absolute atomic E-state index is 0.264. The Balaban J connectivity index is 3.70. The number of carboxylic acids is 2. The maximum Gasteiger partial charge on any atom is 0.306 e. The molecule has 20 heavy (non-hydrogen) atoms. The van der Waals surface area contributed by atoms with Gasteiger partial charge in [-0.15, -0.1) is 0 Å². The lowest BCUT2D eigenvalue weighted by atomic mass is 9.90. The Morgan fingerprint density at radius 2 is 1.05 bits per heavy atom. The van der Waals surface area contributed by atoms with E-state index in [1.54, 1.807) is 13.8 Å². The molecule has 0 rings (SSSR count). The molecule has 4 atom stereocenters. The van der Waals surface area contributed by atoms with Crippen LogP contribution >= 0.6 is 0 Å². The monoisotopic (exact) mass is 286 g/mol. The number of carbonyl (C=O) groups is 2. The average molecular weight is 286 g/mol. The lowest BCUT2D eigenvalue weighted by molar-refractivity contribution is -0.142. The molecule has 0 amide bonds. The van der Waals surface area contributed by atoms with Gasteiger partial charge in [-0.25, -0.2) is 0 Å². The predicted molar refractivity (Wildman–Crippen MR) is 79.6 cm³/mol. The lowest BCUT2D eigenvalue weighted by Gasteiger charge is -2.16. The summed E-state index contributed by atoms with van der Waals surface area (Å²) in [6.45, 7) is 7.73. The van der Waals surface area contributed by atoms with Crippen LogP contribution in [0.5, 0.6) is 0 Å². The second-order valence-electron chi connectivity index (χ2n) is 6.44. The number of carboxylic acid groups (broad SMARTS) is 2.